The number of amides is 1. The Bertz CT molecular complexity index is 1250. The molecule has 0 aliphatic rings. The van der Waals surface area contributed by atoms with E-state index >= 15 is 0 Å². The summed E-state index contributed by atoms with van der Waals surface area (Å²) in [6.07, 6.45) is 0. The van der Waals surface area contributed by atoms with E-state index in [1.54, 1.807) is 32.0 Å². The summed E-state index contributed by atoms with van der Waals surface area (Å²) in [6, 6.07) is 10.1. The summed E-state index contributed by atoms with van der Waals surface area (Å²) in [7, 11) is -3.93. The van der Waals surface area contributed by atoms with Gasteiger partial charge in [-0.3, -0.25) is 9.59 Å². The maximum atomic E-state index is 12.7. The van der Waals surface area contributed by atoms with E-state index in [0.29, 0.717) is 10.4 Å². The fourth-order valence-corrected chi connectivity index (χ4v) is 5.13. The smallest absolute Gasteiger partial charge is 0.341 e. The number of Topliss-reactive ketones (excluding diaryl/α,β-unsaturated/α-hetero) is 1. The lowest BCUT2D eigenvalue weighted by Crippen LogP contribution is -2.14. The number of nitrogens with one attached hydrogen (secondary N) is 1. The van der Waals surface area contributed by atoms with E-state index in [4.69, 9.17) is 9.15 Å². The average Bonchev–Trinajstić information content (AvgIpc) is 3.34. The van der Waals surface area contributed by atoms with E-state index in [1.807, 2.05) is 0 Å². The molecule has 0 atom stereocenters. The number of sulfone groups is 1. The third-order valence-electron chi connectivity index (χ3n) is 4.30. The summed E-state index contributed by atoms with van der Waals surface area (Å²) in [6.45, 7) is 4.70. The third-order valence-corrected chi connectivity index (χ3v) is 7.25. The largest absolute Gasteiger partial charge is 0.462 e. The molecule has 1 aromatic carbocycles. The van der Waals surface area contributed by atoms with Gasteiger partial charge in [0, 0.05) is 0 Å². The highest BCUT2D eigenvalue weighted by atomic mass is 32.2. The van der Waals surface area contributed by atoms with Crippen molar-refractivity contribution in [3.8, 4) is 0 Å². The van der Waals surface area contributed by atoms with Crippen LogP contribution in [0.4, 0.5) is 5.00 Å². The molecule has 0 bridgehead atoms. The molecule has 0 saturated heterocycles. The van der Waals surface area contributed by atoms with Gasteiger partial charge in [0.15, 0.2) is 11.5 Å². The second kappa shape index (κ2) is 8.86. The molecule has 10 heteroatoms. The Morgan fingerprint density at radius 1 is 1.10 bits per heavy atom. The van der Waals surface area contributed by atoms with Gasteiger partial charge >= 0.3 is 5.97 Å². The molecule has 1 amide bonds. The number of hydrogen-bond acceptors (Lipinski definition) is 8. The molecule has 0 radical (unpaired) electrons. The van der Waals surface area contributed by atoms with Crippen molar-refractivity contribution in [3.63, 3.8) is 0 Å². The van der Waals surface area contributed by atoms with Crippen molar-refractivity contribution < 1.29 is 32.0 Å². The number of carbonyl (C=O) groups excluding carboxylic acids is 3. The van der Waals surface area contributed by atoms with Crippen LogP contribution in [0.2, 0.25) is 0 Å². The van der Waals surface area contributed by atoms with Crippen LogP contribution in [0.15, 0.2) is 56.9 Å². The summed E-state index contributed by atoms with van der Waals surface area (Å²) in [4.78, 5) is 37.3. The minimum Gasteiger partial charge on any atom is -0.462 e. The summed E-state index contributed by atoms with van der Waals surface area (Å²) < 4.78 is 35.6. The number of hydrogen-bond donors (Lipinski definition) is 1. The van der Waals surface area contributed by atoms with Crippen LogP contribution in [-0.4, -0.2) is 32.7 Å². The molecule has 3 aromatic rings. The Kier molecular flexibility index (Phi) is 6.42. The zero-order valence-corrected chi connectivity index (χ0v) is 18.6. The van der Waals surface area contributed by atoms with Gasteiger partial charge in [-0.2, -0.15) is 0 Å². The molecular weight excluding hydrogens is 442 g/mol. The van der Waals surface area contributed by atoms with Gasteiger partial charge < -0.3 is 14.5 Å². The minimum absolute atomic E-state index is 0.0286. The van der Waals surface area contributed by atoms with E-state index in [2.05, 4.69) is 5.32 Å². The molecule has 31 heavy (non-hydrogen) atoms. The topological polar surface area (TPSA) is 120 Å². The number of benzene rings is 1. The number of carbonyl (C=O) groups is 3. The van der Waals surface area contributed by atoms with Crippen molar-refractivity contribution >= 4 is 43.8 Å². The van der Waals surface area contributed by atoms with Gasteiger partial charge in [0.2, 0.25) is 14.9 Å². The number of anilines is 1. The molecule has 2 heterocycles. The SMILES string of the molecule is CCOC(=O)c1c(NC(=O)c2ccc(S(=O)(=O)c3ccccc3)o2)sc(C(C)=O)c1C. The van der Waals surface area contributed by atoms with E-state index in [0.717, 1.165) is 11.3 Å². The Morgan fingerprint density at radius 3 is 2.39 bits per heavy atom. The number of esters is 1. The van der Waals surface area contributed by atoms with Crippen molar-refractivity contribution in [1.82, 2.24) is 0 Å². The predicted molar refractivity (Wildman–Crippen MR) is 114 cm³/mol. The van der Waals surface area contributed by atoms with Crippen LogP contribution in [0.3, 0.4) is 0 Å². The van der Waals surface area contributed by atoms with Gasteiger partial charge in [-0.25, -0.2) is 13.2 Å². The highest BCUT2D eigenvalue weighted by Gasteiger charge is 2.27. The molecule has 0 aliphatic carbocycles. The van der Waals surface area contributed by atoms with Crippen LogP contribution in [0.5, 0.6) is 0 Å². The maximum absolute atomic E-state index is 12.7. The first-order valence-corrected chi connectivity index (χ1v) is 11.5. The molecule has 1 N–H and O–H groups in total. The van der Waals surface area contributed by atoms with Gasteiger partial charge in [0.05, 0.1) is 21.9 Å². The lowest BCUT2D eigenvalue weighted by molar-refractivity contribution is 0.0527. The lowest BCUT2D eigenvalue weighted by Gasteiger charge is -2.06. The second-order valence-corrected chi connectivity index (χ2v) is 9.33. The van der Waals surface area contributed by atoms with E-state index < -0.39 is 21.7 Å². The second-order valence-electron chi connectivity index (χ2n) is 6.43. The summed E-state index contributed by atoms with van der Waals surface area (Å²) in [5.74, 6) is -1.97. The van der Waals surface area contributed by atoms with Crippen molar-refractivity contribution in [1.29, 1.82) is 0 Å². The van der Waals surface area contributed by atoms with E-state index in [1.165, 1.54) is 31.2 Å². The third kappa shape index (κ3) is 4.44. The molecule has 0 spiro atoms. The highest BCUT2D eigenvalue weighted by molar-refractivity contribution is 7.91. The monoisotopic (exact) mass is 461 g/mol. The van der Waals surface area contributed by atoms with Crippen LogP contribution in [0.25, 0.3) is 0 Å². The summed E-state index contributed by atoms with van der Waals surface area (Å²) >= 11 is 0.938. The Balaban J connectivity index is 1.92. The molecule has 2 aromatic heterocycles. The van der Waals surface area contributed by atoms with Gasteiger partial charge in [-0.1, -0.05) is 18.2 Å². The average molecular weight is 462 g/mol. The lowest BCUT2D eigenvalue weighted by atomic mass is 10.1. The molecule has 0 aliphatic heterocycles. The number of thiophene rings is 1. The molecule has 3 rings (SSSR count). The first-order chi connectivity index (χ1) is 14.7. The fourth-order valence-electron chi connectivity index (χ4n) is 2.85. The fraction of sp³-hybridized carbons (Fsp3) is 0.190. The Labute approximate surface area is 182 Å². The predicted octanol–water partition coefficient (Wildman–Crippen LogP) is 4.11. The van der Waals surface area contributed by atoms with Crippen molar-refractivity contribution in [2.24, 2.45) is 0 Å². The van der Waals surface area contributed by atoms with Crippen LogP contribution in [0, 0.1) is 6.92 Å². The Morgan fingerprint density at radius 2 is 1.77 bits per heavy atom. The normalized spacial score (nSPS) is 11.2. The van der Waals surface area contributed by atoms with Crippen LogP contribution in [-0.2, 0) is 14.6 Å². The quantitative estimate of drug-likeness (QED) is 0.415. The number of rotatable bonds is 7. The zero-order chi connectivity index (χ0) is 22.8. The Hall–Kier alpha value is -3.24. The maximum Gasteiger partial charge on any atom is 0.341 e. The minimum atomic E-state index is -3.93. The van der Waals surface area contributed by atoms with Crippen molar-refractivity contribution in [2.75, 3.05) is 11.9 Å². The van der Waals surface area contributed by atoms with Gasteiger partial charge in [0.25, 0.3) is 5.91 Å². The van der Waals surface area contributed by atoms with Crippen LogP contribution in [0.1, 0.15) is 50.0 Å². The first kappa shape index (κ1) is 22.4. The molecular formula is C21H19NO7S2. The van der Waals surface area contributed by atoms with E-state index in [-0.39, 0.29) is 38.7 Å². The van der Waals surface area contributed by atoms with Gasteiger partial charge in [-0.05, 0) is 50.6 Å². The standard InChI is InChI=1S/C21H19NO7S2/c1-4-28-21(25)17-12(2)18(13(3)23)30-20(17)22-19(24)15-10-11-16(29-15)31(26,27)14-8-6-5-7-9-14/h5-11H,4H2,1-3H3,(H,22,24). The number of ether oxygens (including phenoxy) is 1. The number of furan rings is 1. The summed E-state index contributed by atoms with van der Waals surface area (Å²) in [5.41, 5.74) is 0.479. The molecule has 162 valence electrons. The van der Waals surface area contributed by atoms with Gasteiger partial charge in [0.1, 0.15) is 5.00 Å². The highest BCUT2D eigenvalue weighted by Crippen LogP contribution is 2.34. The first-order valence-electron chi connectivity index (χ1n) is 9.19. The number of ketones is 1. The molecule has 0 fully saturated rings. The van der Waals surface area contributed by atoms with Crippen molar-refractivity contribution in [3.05, 3.63) is 64.2 Å². The van der Waals surface area contributed by atoms with E-state index in [9.17, 15) is 22.8 Å². The summed E-state index contributed by atoms with van der Waals surface area (Å²) in [5, 5.41) is 2.26. The van der Waals surface area contributed by atoms with Crippen LogP contribution < -0.4 is 5.32 Å². The molecule has 0 unspecified atom stereocenters. The molecule has 8 nitrogen and oxygen atoms in total. The van der Waals surface area contributed by atoms with Gasteiger partial charge in [-0.15, -0.1) is 11.3 Å². The van der Waals surface area contributed by atoms with Crippen LogP contribution >= 0.6 is 11.3 Å². The van der Waals surface area contributed by atoms with Crippen molar-refractivity contribution in [2.45, 2.75) is 30.8 Å². The molecule has 0 saturated carbocycles. The zero-order valence-electron chi connectivity index (χ0n) is 16.9.